The van der Waals surface area contributed by atoms with Gasteiger partial charge in [0.05, 0.1) is 6.61 Å². The maximum Gasteiger partial charge on any atom is 0.411 e. The molecule has 154 valence electrons. The summed E-state index contributed by atoms with van der Waals surface area (Å²) >= 11 is 0. The summed E-state index contributed by atoms with van der Waals surface area (Å²) in [7, 11) is 0. The highest BCUT2D eigenvalue weighted by Crippen LogP contribution is 2.16. The van der Waals surface area contributed by atoms with E-state index in [0.717, 1.165) is 32.5 Å². The van der Waals surface area contributed by atoms with Gasteiger partial charge >= 0.3 is 12.1 Å². The molecule has 0 aromatic heterocycles. The van der Waals surface area contributed by atoms with Gasteiger partial charge in [0.25, 0.3) is 0 Å². The van der Waals surface area contributed by atoms with E-state index in [2.05, 4.69) is 45.1 Å². The van der Waals surface area contributed by atoms with Crippen LogP contribution in [0.5, 0.6) is 0 Å². The van der Waals surface area contributed by atoms with Crippen LogP contribution in [0.4, 0.5) is 21.0 Å². The average molecular weight is 396 g/mol. The molecule has 0 radical (unpaired) electrons. The number of anilines is 2. The number of urea groups is 1. The Morgan fingerprint density at radius 3 is 2.21 bits per heavy atom. The summed E-state index contributed by atoms with van der Waals surface area (Å²) in [6.07, 6.45) is 1.37. The quantitative estimate of drug-likeness (QED) is 0.688. The predicted molar refractivity (Wildman–Crippen MR) is 114 cm³/mol. The van der Waals surface area contributed by atoms with Crippen LogP contribution in [0.1, 0.15) is 25.3 Å². The fourth-order valence-electron chi connectivity index (χ4n) is 3.35. The first-order chi connectivity index (χ1) is 14.1. The van der Waals surface area contributed by atoms with Crippen LogP contribution in [-0.2, 0) is 11.3 Å². The molecule has 2 aromatic carbocycles. The first kappa shape index (κ1) is 20.7. The molecule has 1 aliphatic rings. The zero-order valence-corrected chi connectivity index (χ0v) is 16.7. The van der Waals surface area contributed by atoms with Crippen molar-refractivity contribution >= 4 is 23.5 Å². The number of rotatable bonds is 6. The Bertz CT molecular complexity index is 787. The van der Waals surface area contributed by atoms with Crippen LogP contribution in [0.25, 0.3) is 0 Å². The molecule has 0 bridgehead atoms. The molecule has 1 fully saturated rings. The van der Waals surface area contributed by atoms with E-state index in [1.165, 1.54) is 5.56 Å². The van der Waals surface area contributed by atoms with E-state index < -0.39 is 6.09 Å². The highest BCUT2D eigenvalue weighted by molar-refractivity contribution is 5.90. The minimum atomic E-state index is -0.496. The van der Waals surface area contributed by atoms with Crippen molar-refractivity contribution in [3.8, 4) is 0 Å². The van der Waals surface area contributed by atoms with Crippen molar-refractivity contribution in [3.05, 3.63) is 60.2 Å². The van der Waals surface area contributed by atoms with Gasteiger partial charge in [0.15, 0.2) is 0 Å². The van der Waals surface area contributed by atoms with E-state index in [9.17, 15) is 9.59 Å². The largest absolute Gasteiger partial charge is 0.450 e. The van der Waals surface area contributed by atoms with Gasteiger partial charge in [-0.2, -0.15) is 0 Å². The Balaban J connectivity index is 1.39. The monoisotopic (exact) mass is 396 g/mol. The Kier molecular flexibility index (Phi) is 7.47. The lowest BCUT2D eigenvalue weighted by atomic mass is 10.0. The topological polar surface area (TPSA) is 82.7 Å². The molecular weight excluding hydrogens is 368 g/mol. The SMILES string of the molecule is CCOC(=O)Nc1ccc(NC(=O)NC2CCN(Cc3ccccc3)CC2)cc1. The van der Waals surface area contributed by atoms with Crippen molar-refractivity contribution in [2.24, 2.45) is 0 Å². The molecule has 2 aromatic rings. The second-order valence-corrected chi connectivity index (χ2v) is 7.06. The molecule has 1 saturated heterocycles. The molecule has 1 heterocycles. The van der Waals surface area contributed by atoms with E-state index >= 15 is 0 Å². The first-order valence-electron chi connectivity index (χ1n) is 10.00. The van der Waals surface area contributed by atoms with Gasteiger partial charge in [-0.15, -0.1) is 0 Å². The maximum atomic E-state index is 12.3. The number of benzene rings is 2. The van der Waals surface area contributed by atoms with Crippen LogP contribution in [0.2, 0.25) is 0 Å². The van der Waals surface area contributed by atoms with Gasteiger partial charge in [-0.1, -0.05) is 30.3 Å². The second kappa shape index (κ2) is 10.5. The van der Waals surface area contributed by atoms with Crippen LogP contribution in [0.15, 0.2) is 54.6 Å². The Morgan fingerprint density at radius 2 is 1.59 bits per heavy atom. The Hall–Kier alpha value is -3.06. The number of ether oxygens (including phenoxy) is 1. The van der Waals surface area contributed by atoms with Gasteiger partial charge in [0, 0.05) is 37.1 Å². The van der Waals surface area contributed by atoms with Gasteiger partial charge in [0.2, 0.25) is 0 Å². The molecule has 0 atom stereocenters. The average Bonchev–Trinajstić information content (AvgIpc) is 2.72. The number of piperidine rings is 1. The van der Waals surface area contributed by atoms with Crippen LogP contribution >= 0.6 is 0 Å². The predicted octanol–water partition coefficient (Wildman–Crippen LogP) is 4.04. The molecule has 0 spiro atoms. The summed E-state index contributed by atoms with van der Waals surface area (Å²) in [5.41, 5.74) is 2.59. The van der Waals surface area contributed by atoms with Crippen molar-refractivity contribution in [1.82, 2.24) is 10.2 Å². The smallest absolute Gasteiger partial charge is 0.411 e. The number of nitrogens with one attached hydrogen (secondary N) is 3. The Labute approximate surface area is 171 Å². The molecule has 0 aliphatic carbocycles. The van der Waals surface area contributed by atoms with E-state index in [1.807, 2.05) is 6.07 Å². The molecule has 3 N–H and O–H groups in total. The fraction of sp³-hybridized carbons (Fsp3) is 0.364. The zero-order valence-electron chi connectivity index (χ0n) is 16.7. The molecule has 0 unspecified atom stereocenters. The minimum Gasteiger partial charge on any atom is -0.450 e. The van der Waals surface area contributed by atoms with Gasteiger partial charge < -0.3 is 15.4 Å². The number of carbonyl (C=O) groups excluding carboxylic acids is 2. The van der Waals surface area contributed by atoms with Gasteiger partial charge in [0.1, 0.15) is 0 Å². The molecule has 1 aliphatic heterocycles. The van der Waals surface area contributed by atoms with E-state index in [4.69, 9.17) is 4.74 Å². The number of nitrogens with zero attached hydrogens (tertiary/aromatic N) is 1. The summed E-state index contributed by atoms with van der Waals surface area (Å²) in [5.74, 6) is 0. The molecule has 3 rings (SSSR count). The minimum absolute atomic E-state index is 0.173. The molecular formula is C22H28N4O3. The van der Waals surface area contributed by atoms with Crippen LogP contribution in [-0.4, -0.2) is 42.8 Å². The van der Waals surface area contributed by atoms with Crippen LogP contribution in [0, 0.1) is 0 Å². The normalized spacial score (nSPS) is 14.8. The lowest BCUT2D eigenvalue weighted by Crippen LogP contribution is -2.45. The van der Waals surface area contributed by atoms with Crippen LogP contribution < -0.4 is 16.0 Å². The van der Waals surface area contributed by atoms with Crippen molar-refractivity contribution in [3.63, 3.8) is 0 Å². The summed E-state index contributed by atoms with van der Waals surface area (Å²) in [4.78, 5) is 26.1. The van der Waals surface area contributed by atoms with Gasteiger partial charge in [-0.3, -0.25) is 10.2 Å². The first-order valence-corrected chi connectivity index (χ1v) is 10.00. The standard InChI is InChI=1S/C22H28N4O3/c1-2-29-22(28)25-19-10-8-18(9-11-19)23-21(27)24-20-12-14-26(15-13-20)16-17-6-4-3-5-7-17/h3-11,20H,2,12-16H2,1H3,(H,25,28)(H2,23,24,27). The van der Waals surface area contributed by atoms with Crippen molar-refractivity contribution in [2.45, 2.75) is 32.4 Å². The van der Waals surface area contributed by atoms with Crippen LogP contribution in [0.3, 0.4) is 0 Å². The molecule has 29 heavy (non-hydrogen) atoms. The molecule has 7 heteroatoms. The van der Waals surface area contributed by atoms with Crippen molar-refractivity contribution < 1.29 is 14.3 Å². The maximum absolute atomic E-state index is 12.3. The number of carbonyl (C=O) groups is 2. The third kappa shape index (κ3) is 6.80. The lowest BCUT2D eigenvalue weighted by Gasteiger charge is -2.32. The number of hydrogen-bond donors (Lipinski definition) is 3. The third-order valence-electron chi connectivity index (χ3n) is 4.84. The highest BCUT2D eigenvalue weighted by Gasteiger charge is 2.20. The lowest BCUT2D eigenvalue weighted by molar-refractivity contribution is 0.168. The Morgan fingerprint density at radius 1 is 0.966 bits per heavy atom. The second-order valence-electron chi connectivity index (χ2n) is 7.06. The van der Waals surface area contributed by atoms with Crippen molar-refractivity contribution in [2.75, 3.05) is 30.3 Å². The van der Waals surface area contributed by atoms with E-state index in [0.29, 0.717) is 18.0 Å². The van der Waals surface area contributed by atoms with Gasteiger partial charge in [-0.05, 0) is 49.6 Å². The number of likely N-dealkylation sites (tertiary alicyclic amines) is 1. The summed E-state index contributed by atoms with van der Waals surface area (Å²) in [5, 5.41) is 8.50. The molecule has 0 saturated carbocycles. The molecule has 3 amide bonds. The summed E-state index contributed by atoms with van der Waals surface area (Å²) in [6, 6.07) is 17.3. The number of hydrogen-bond acceptors (Lipinski definition) is 4. The summed E-state index contributed by atoms with van der Waals surface area (Å²) in [6.45, 7) is 4.95. The van der Waals surface area contributed by atoms with E-state index in [1.54, 1.807) is 31.2 Å². The number of amides is 3. The molecule has 7 nitrogen and oxygen atoms in total. The summed E-state index contributed by atoms with van der Waals surface area (Å²) < 4.78 is 4.83. The van der Waals surface area contributed by atoms with E-state index in [-0.39, 0.29) is 12.1 Å². The van der Waals surface area contributed by atoms with Crippen molar-refractivity contribution in [1.29, 1.82) is 0 Å². The highest BCUT2D eigenvalue weighted by atomic mass is 16.5. The zero-order chi connectivity index (χ0) is 20.5. The third-order valence-corrected chi connectivity index (χ3v) is 4.84. The van der Waals surface area contributed by atoms with Gasteiger partial charge in [-0.25, -0.2) is 9.59 Å². The fourth-order valence-corrected chi connectivity index (χ4v) is 3.35.